The highest BCUT2D eigenvalue weighted by molar-refractivity contribution is 7.90. The number of halogens is 4. The van der Waals surface area contributed by atoms with E-state index in [2.05, 4.69) is 25.4 Å². The van der Waals surface area contributed by atoms with E-state index in [0.29, 0.717) is 6.07 Å². The first-order chi connectivity index (χ1) is 14.1. The smallest absolute Gasteiger partial charge is 0.416 e. The van der Waals surface area contributed by atoms with Gasteiger partial charge in [0.1, 0.15) is 6.26 Å². The molecule has 30 heavy (non-hydrogen) atoms. The van der Waals surface area contributed by atoms with Crippen molar-refractivity contribution in [1.29, 1.82) is 0 Å². The number of nitrogens with zero attached hydrogens (tertiary/aromatic N) is 5. The number of aromatic nitrogens is 5. The first-order valence-electron chi connectivity index (χ1n) is 8.32. The Morgan fingerprint density at radius 3 is 2.53 bits per heavy atom. The molecule has 0 radical (unpaired) electrons. The van der Waals surface area contributed by atoms with Crippen molar-refractivity contribution >= 4 is 28.7 Å². The number of benzene rings is 1. The van der Waals surface area contributed by atoms with Crippen LogP contribution in [-0.2, 0) is 17.4 Å². The van der Waals surface area contributed by atoms with E-state index in [9.17, 15) is 22.5 Å². The molecule has 0 aliphatic heterocycles. The number of carbonyl (C=O) groups excluding carboxylic acids is 1. The van der Waals surface area contributed by atoms with Crippen LogP contribution in [0.15, 0.2) is 41.6 Å². The second-order valence-corrected chi connectivity index (χ2v) is 7.81. The Balaban J connectivity index is 1.91. The van der Waals surface area contributed by atoms with E-state index in [1.807, 2.05) is 0 Å². The van der Waals surface area contributed by atoms with Crippen LogP contribution in [0.25, 0.3) is 5.95 Å². The predicted octanol–water partition coefficient (Wildman–Crippen LogP) is 2.96. The maximum absolute atomic E-state index is 13.2. The van der Waals surface area contributed by atoms with Gasteiger partial charge in [-0.2, -0.15) is 22.8 Å². The van der Waals surface area contributed by atoms with Crippen molar-refractivity contribution in [3.8, 4) is 5.95 Å². The highest BCUT2D eigenvalue weighted by Gasteiger charge is 2.33. The first kappa shape index (κ1) is 22.0. The Hall–Kier alpha value is -2.70. The van der Waals surface area contributed by atoms with Crippen LogP contribution in [-0.4, -0.2) is 41.4 Å². The zero-order valence-electron chi connectivity index (χ0n) is 15.5. The molecule has 1 unspecified atom stereocenters. The minimum absolute atomic E-state index is 0.119. The SMILES string of the molecule is C[C@H](NC(=O)c1cc([S+](C)[O-])cc(C(F)(F)F)c1)c1nc(Cl)nn1-c1ncccn1. The Bertz CT molecular complexity index is 1060. The molecule has 2 aromatic heterocycles. The molecule has 0 fully saturated rings. The lowest BCUT2D eigenvalue weighted by Crippen LogP contribution is -2.29. The molecule has 1 aromatic carbocycles. The third-order valence-electron chi connectivity index (χ3n) is 3.91. The van der Waals surface area contributed by atoms with Crippen molar-refractivity contribution in [3.05, 3.63) is 58.9 Å². The normalized spacial score (nSPS) is 13.7. The summed E-state index contributed by atoms with van der Waals surface area (Å²) >= 11 is 4.15. The van der Waals surface area contributed by atoms with Gasteiger partial charge in [0.25, 0.3) is 11.9 Å². The van der Waals surface area contributed by atoms with E-state index in [1.54, 1.807) is 13.0 Å². The molecule has 0 aliphatic rings. The van der Waals surface area contributed by atoms with Gasteiger partial charge in [0, 0.05) is 30.1 Å². The number of amides is 1. The summed E-state index contributed by atoms with van der Waals surface area (Å²) in [6.07, 6.45) is -0.529. The van der Waals surface area contributed by atoms with Crippen molar-refractivity contribution in [3.63, 3.8) is 0 Å². The molecule has 0 bridgehead atoms. The molecule has 158 valence electrons. The van der Waals surface area contributed by atoms with Crippen molar-refractivity contribution in [2.75, 3.05) is 6.26 Å². The van der Waals surface area contributed by atoms with Gasteiger partial charge in [0.05, 0.1) is 11.6 Å². The zero-order valence-corrected chi connectivity index (χ0v) is 17.1. The average Bonchev–Trinajstić information content (AvgIpc) is 3.09. The van der Waals surface area contributed by atoms with Gasteiger partial charge in [-0.1, -0.05) is 0 Å². The summed E-state index contributed by atoms with van der Waals surface area (Å²) in [5.74, 6) is -0.499. The minimum Gasteiger partial charge on any atom is -0.612 e. The summed E-state index contributed by atoms with van der Waals surface area (Å²) in [6.45, 7) is 1.55. The van der Waals surface area contributed by atoms with Crippen LogP contribution >= 0.6 is 11.6 Å². The molecule has 8 nitrogen and oxygen atoms in total. The third-order valence-corrected chi connectivity index (χ3v) is 4.97. The Labute approximate surface area is 176 Å². The van der Waals surface area contributed by atoms with Crippen LogP contribution in [0, 0.1) is 0 Å². The van der Waals surface area contributed by atoms with Crippen LogP contribution in [0.2, 0.25) is 5.28 Å². The fourth-order valence-electron chi connectivity index (χ4n) is 2.53. The number of nitrogens with one attached hydrogen (secondary N) is 1. The molecule has 3 rings (SSSR count). The summed E-state index contributed by atoms with van der Waals surface area (Å²) in [4.78, 5) is 24.6. The lowest BCUT2D eigenvalue weighted by atomic mass is 10.1. The van der Waals surface area contributed by atoms with E-state index < -0.39 is 34.9 Å². The molecule has 0 saturated carbocycles. The maximum Gasteiger partial charge on any atom is 0.416 e. The van der Waals surface area contributed by atoms with Gasteiger partial charge in [-0.25, -0.2) is 9.97 Å². The van der Waals surface area contributed by atoms with Gasteiger partial charge < -0.3 is 9.87 Å². The van der Waals surface area contributed by atoms with Gasteiger partial charge in [-0.15, -0.1) is 5.10 Å². The monoisotopic (exact) mass is 458 g/mol. The number of hydrogen-bond donors (Lipinski definition) is 1. The average molecular weight is 459 g/mol. The lowest BCUT2D eigenvalue weighted by Gasteiger charge is -2.16. The summed E-state index contributed by atoms with van der Waals surface area (Å²) in [7, 11) is 0. The van der Waals surface area contributed by atoms with E-state index in [-0.39, 0.29) is 27.5 Å². The molecule has 2 heterocycles. The summed E-state index contributed by atoms with van der Waals surface area (Å²) in [5.41, 5.74) is -1.37. The number of alkyl halides is 3. The van der Waals surface area contributed by atoms with Crippen LogP contribution in [0.1, 0.15) is 34.7 Å². The Kier molecular flexibility index (Phi) is 6.29. The quantitative estimate of drug-likeness (QED) is 0.589. The van der Waals surface area contributed by atoms with E-state index >= 15 is 0 Å². The largest absolute Gasteiger partial charge is 0.612 e. The molecule has 2 atom stereocenters. The fraction of sp³-hybridized carbons (Fsp3) is 0.235. The summed E-state index contributed by atoms with van der Waals surface area (Å²) in [5, 5.41) is 6.39. The van der Waals surface area contributed by atoms with Crippen molar-refractivity contribution in [2.45, 2.75) is 24.0 Å². The number of rotatable bonds is 5. The van der Waals surface area contributed by atoms with Crippen molar-refractivity contribution in [2.24, 2.45) is 0 Å². The van der Waals surface area contributed by atoms with E-state index in [4.69, 9.17) is 11.6 Å². The minimum atomic E-state index is -4.70. The van der Waals surface area contributed by atoms with Crippen LogP contribution in [0.3, 0.4) is 0 Å². The standard InChI is InChI=1S/C17H14ClF3N6O2S/c1-9(13-25-15(18)26-27(13)16-22-4-3-5-23-16)24-14(28)10-6-11(17(19,20)21)8-12(7-10)30(2)29/h3-9H,1-2H3,(H,24,28)/t9-,30?/m0/s1. The first-order valence-corrected chi connectivity index (χ1v) is 10.3. The molecule has 0 saturated heterocycles. The topological polar surface area (TPSA) is 109 Å². The summed E-state index contributed by atoms with van der Waals surface area (Å²) in [6, 6.07) is 3.36. The highest BCUT2D eigenvalue weighted by Crippen LogP contribution is 2.32. The summed E-state index contributed by atoms with van der Waals surface area (Å²) < 4.78 is 52.4. The molecule has 1 N–H and O–H groups in total. The van der Waals surface area contributed by atoms with Crippen molar-refractivity contribution < 1.29 is 22.5 Å². The van der Waals surface area contributed by atoms with Gasteiger partial charge >= 0.3 is 6.18 Å². The molecular formula is C17H14ClF3N6O2S. The molecule has 1 amide bonds. The van der Waals surface area contributed by atoms with Crippen LogP contribution in [0.4, 0.5) is 13.2 Å². The van der Waals surface area contributed by atoms with E-state index in [0.717, 1.165) is 12.1 Å². The molecule has 13 heteroatoms. The molecule has 3 aromatic rings. The van der Waals surface area contributed by atoms with E-state index in [1.165, 1.54) is 23.3 Å². The second kappa shape index (κ2) is 8.58. The molecular weight excluding hydrogens is 445 g/mol. The van der Waals surface area contributed by atoms with Crippen LogP contribution in [0.5, 0.6) is 0 Å². The highest BCUT2D eigenvalue weighted by atomic mass is 35.5. The Morgan fingerprint density at radius 2 is 1.93 bits per heavy atom. The lowest BCUT2D eigenvalue weighted by molar-refractivity contribution is -0.137. The van der Waals surface area contributed by atoms with Crippen molar-refractivity contribution in [1.82, 2.24) is 30.0 Å². The maximum atomic E-state index is 13.2. The van der Waals surface area contributed by atoms with Gasteiger partial charge in [-0.05, 0) is 41.8 Å². The van der Waals surface area contributed by atoms with Gasteiger partial charge in [0.15, 0.2) is 10.7 Å². The fourth-order valence-corrected chi connectivity index (χ4v) is 3.28. The molecule has 0 aliphatic carbocycles. The zero-order chi connectivity index (χ0) is 22.1. The molecule has 0 spiro atoms. The number of hydrogen-bond acceptors (Lipinski definition) is 6. The van der Waals surface area contributed by atoms with Crippen LogP contribution < -0.4 is 5.32 Å². The third kappa shape index (κ3) is 4.89. The predicted molar refractivity (Wildman–Crippen MR) is 102 cm³/mol. The second-order valence-electron chi connectivity index (χ2n) is 6.09. The van der Waals surface area contributed by atoms with Gasteiger partial charge in [0.2, 0.25) is 5.28 Å². The Morgan fingerprint density at radius 1 is 1.27 bits per heavy atom. The van der Waals surface area contributed by atoms with Gasteiger partial charge in [-0.3, -0.25) is 4.79 Å². The number of carbonyl (C=O) groups is 1.